The summed E-state index contributed by atoms with van der Waals surface area (Å²) >= 11 is 0. The maximum Gasteiger partial charge on any atom is 0.227 e. The van der Waals surface area contributed by atoms with Crippen LogP contribution in [0.2, 0.25) is 0 Å². The Morgan fingerprint density at radius 2 is 1.63 bits per heavy atom. The Hall–Kier alpha value is -3.42. The predicted octanol–water partition coefficient (Wildman–Crippen LogP) is 3.83. The summed E-state index contributed by atoms with van der Waals surface area (Å²) in [5.74, 6) is -2.49. The highest BCUT2D eigenvalue weighted by Crippen LogP contribution is 2.32. The molecule has 38 heavy (non-hydrogen) atoms. The molecule has 1 aromatic heterocycles. The number of sulfone groups is 1. The third kappa shape index (κ3) is 6.52. The summed E-state index contributed by atoms with van der Waals surface area (Å²) in [4.78, 5) is 16.7. The molecule has 1 fully saturated rings. The number of sulfonamides is 1. The van der Waals surface area contributed by atoms with Crippen molar-refractivity contribution in [3.05, 3.63) is 66.5 Å². The molecule has 1 N–H and O–H groups in total. The average Bonchev–Trinajstić information content (AvgIpc) is 2.85. The minimum absolute atomic E-state index is 0.0732. The van der Waals surface area contributed by atoms with Gasteiger partial charge in [-0.25, -0.2) is 29.9 Å². The van der Waals surface area contributed by atoms with E-state index in [-0.39, 0.29) is 35.2 Å². The summed E-state index contributed by atoms with van der Waals surface area (Å²) in [6.07, 6.45) is 5.57. The fourth-order valence-electron chi connectivity index (χ4n) is 4.10. The van der Waals surface area contributed by atoms with Gasteiger partial charge in [0.25, 0.3) is 0 Å². The number of benzene rings is 2. The zero-order valence-corrected chi connectivity index (χ0v) is 22.2. The summed E-state index contributed by atoms with van der Waals surface area (Å²) in [6, 6.07) is 9.10. The van der Waals surface area contributed by atoms with Crippen LogP contribution in [-0.4, -0.2) is 57.6 Å². The van der Waals surface area contributed by atoms with Gasteiger partial charge in [0.2, 0.25) is 15.9 Å². The highest BCUT2D eigenvalue weighted by Gasteiger charge is 2.29. The molecule has 0 radical (unpaired) electrons. The molecule has 0 aliphatic carbocycles. The first-order chi connectivity index (χ1) is 17.8. The lowest BCUT2D eigenvalue weighted by molar-refractivity contribution is -0.120. The minimum Gasteiger partial charge on any atom is -0.456 e. The van der Waals surface area contributed by atoms with Crippen LogP contribution in [-0.2, 0) is 24.7 Å². The molecule has 0 atom stereocenters. The van der Waals surface area contributed by atoms with Crippen molar-refractivity contribution in [3.8, 4) is 22.6 Å². The van der Waals surface area contributed by atoms with Crippen molar-refractivity contribution in [3.63, 3.8) is 0 Å². The molecular formula is C25H25F2N3O6S2. The molecule has 2 heterocycles. The van der Waals surface area contributed by atoms with Crippen LogP contribution in [0.15, 0.2) is 59.8 Å². The largest absolute Gasteiger partial charge is 0.456 e. The third-order valence-electron chi connectivity index (χ3n) is 6.11. The Morgan fingerprint density at radius 1 is 0.921 bits per heavy atom. The van der Waals surface area contributed by atoms with Crippen LogP contribution < -0.4 is 10.1 Å². The third-order valence-corrected chi connectivity index (χ3v) is 8.55. The molecule has 202 valence electrons. The summed E-state index contributed by atoms with van der Waals surface area (Å²) in [5.41, 5.74) is 0.902. The standard InChI is InChI=1S/C25H25F2N3O6S2/c1-37(32,33)24-13-19(36-20-11-18(14-28-15-20)17-3-5-21(26)22(27)12-17)4-6-23(24)29-25(31)16-7-9-30(10-8-16)38(2,34)35/h3-6,11-16H,7-10H2,1-2H3,(H,29,31). The second kappa shape index (κ2) is 10.8. The first kappa shape index (κ1) is 27.6. The van der Waals surface area contributed by atoms with Crippen LogP contribution in [0.25, 0.3) is 11.1 Å². The van der Waals surface area contributed by atoms with Crippen molar-refractivity contribution in [1.29, 1.82) is 0 Å². The number of carbonyl (C=O) groups excluding carboxylic acids is 1. The number of hydrogen-bond donors (Lipinski definition) is 1. The molecule has 1 saturated heterocycles. The van der Waals surface area contributed by atoms with Gasteiger partial charge in [-0.15, -0.1) is 0 Å². The summed E-state index contributed by atoms with van der Waals surface area (Å²) < 4.78 is 82.4. The molecule has 1 aliphatic heterocycles. The average molecular weight is 566 g/mol. The van der Waals surface area contributed by atoms with Crippen molar-refractivity contribution in [2.75, 3.05) is 30.9 Å². The van der Waals surface area contributed by atoms with E-state index in [1.54, 1.807) is 6.07 Å². The molecule has 0 bridgehead atoms. The SMILES string of the molecule is CS(=O)(=O)c1cc(Oc2cncc(-c3ccc(F)c(F)c3)c2)ccc1NC(=O)C1CCN(S(C)(=O)=O)CC1. The van der Waals surface area contributed by atoms with Crippen molar-refractivity contribution >= 4 is 31.5 Å². The smallest absolute Gasteiger partial charge is 0.227 e. The number of hydrogen-bond acceptors (Lipinski definition) is 7. The lowest BCUT2D eigenvalue weighted by Gasteiger charge is -2.29. The first-order valence-electron chi connectivity index (χ1n) is 11.5. The first-order valence-corrected chi connectivity index (χ1v) is 15.2. The van der Waals surface area contributed by atoms with Gasteiger partial charge in [0.05, 0.1) is 23.0 Å². The van der Waals surface area contributed by atoms with E-state index < -0.39 is 43.3 Å². The van der Waals surface area contributed by atoms with E-state index in [4.69, 9.17) is 4.74 Å². The highest BCUT2D eigenvalue weighted by molar-refractivity contribution is 7.90. The fourth-order valence-corrected chi connectivity index (χ4v) is 5.83. The van der Waals surface area contributed by atoms with Gasteiger partial charge in [-0.05, 0) is 48.7 Å². The number of ether oxygens (including phenoxy) is 1. The van der Waals surface area contributed by atoms with Crippen molar-refractivity contribution < 1.29 is 35.1 Å². The van der Waals surface area contributed by atoms with Gasteiger partial charge in [-0.1, -0.05) is 6.07 Å². The van der Waals surface area contributed by atoms with E-state index in [9.17, 15) is 30.4 Å². The zero-order chi connectivity index (χ0) is 27.7. The highest BCUT2D eigenvalue weighted by atomic mass is 32.2. The number of nitrogens with zero attached hydrogens (tertiary/aromatic N) is 2. The van der Waals surface area contributed by atoms with Crippen LogP contribution in [0, 0.1) is 17.6 Å². The number of piperidine rings is 1. The maximum absolute atomic E-state index is 13.6. The monoisotopic (exact) mass is 565 g/mol. The normalized spacial score (nSPS) is 15.3. The van der Waals surface area contributed by atoms with Crippen molar-refractivity contribution in [1.82, 2.24) is 9.29 Å². The lowest BCUT2D eigenvalue weighted by Crippen LogP contribution is -2.41. The van der Waals surface area contributed by atoms with E-state index >= 15 is 0 Å². The van der Waals surface area contributed by atoms with Crippen molar-refractivity contribution in [2.24, 2.45) is 5.92 Å². The van der Waals surface area contributed by atoms with E-state index in [1.807, 2.05) is 0 Å². The van der Waals surface area contributed by atoms with Gasteiger partial charge in [-0.3, -0.25) is 9.78 Å². The van der Waals surface area contributed by atoms with E-state index in [0.29, 0.717) is 24.0 Å². The molecule has 0 saturated carbocycles. The van der Waals surface area contributed by atoms with Gasteiger partial charge in [0.15, 0.2) is 21.5 Å². The Morgan fingerprint density at radius 3 is 2.26 bits per heavy atom. The molecule has 2 aromatic carbocycles. The second-order valence-electron chi connectivity index (χ2n) is 9.00. The molecule has 3 aromatic rings. The molecule has 9 nitrogen and oxygen atoms in total. The van der Waals surface area contributed by atoms with E-state index in [0.717, 1.165) is 24.6 Å². The van der Waals surface area contributed by atoms with Gasteiger partial charge in [0, 0.05) is 43.1 Å². The van der Waals surface area contributed by atoms with Crippen molar-refractivity contribution in [2.45, 2.75) is 17.7 Å². The topological polar surface area (TPSA) is 123 Å². The second-order valence-corrected chi connectivity index (χ2v) is 13.0. The number of pyridine rings is 1. The number of amides is 1. The number of rotatable bonds is 7. The van der Waals surface area contributed by atoms with E-state index in [2.05, 4.69) is 10.3 Å². The van der Waals surface area contributed by atoms with Crippen LogP contribution in [0.5, 0.6) is 11.5 Å². The van der Waals surface area contributed by atoms with E-state index in [1.165, 1.54) is 41.0 Å². The number of nitrogens with one attached hydrogen (secondary N) is 1. The van der Waals surface area contributed by atoms with Crippen LogP contribution in [0.3, 0.4) is 0 Å². The molecule has 13 heteroatoms. The Balaban J connectivity index is 1.52. The summed E-state index contributed by atoms with van der Waals surface area (Å²) in [7, 11) is -7.13. The van der Waals surface area contributed by atoms with Gasteiger partial charge in [0.1, 0.15) is 11.5 Å². The minimum atomic E-state index is -3.79. The summed E-state index contributed by atoms with van der Waals surface area (Å²) in [6.45, 7) is 0.417. The number of carbonyl (C=O) groups is 1. The van der Waals surface area contributed by atoms with Crippen LogP contribution >= 0.6 is 0 Å². The number of anilines is 1. The molecule has 0 unspecified atom stereocenters. The zero-order valence-electron chi connectivity index (χ0n) is 20.5. The number of halogens is 2. The molecule has 0 spiro atoms. The summed E-state index contributed by atoms with van der Waals surface area (Å²) in [5, 5.41) is 2.65. The molecular weight excluding hydrogens is 540 g/mol. The lowest BCUT2D eigenvalue weighted by atomic mass is 9.97. The van der Waals surface area contributed by atoms with Crippen LogP contribution in [0.4, 0.5) is 14.5 Å². The maximum atomic E-state index is 13.6. The molecule has 1 aliphatic rings. The Kier molecular flexibility index (Phi) is 7.81. The van der Waals surface area contributed by atoms with Gasteiger partial charge >= 0.3 is 0 Å². The molecule has 4 rings (SSSR count). The Labute approximate surface area is 219 Å². The predicted molar refractivity (Wildman–Crippen MR) is 137 cm³/mol. The Bertz CT molecular complexity index is 1590. The number of aromatic nitrogens is 1. The quantitative estimate of drug-likeness (QED) is 0.462. The van der Waals surface area contributed by atoms with Crippen LogP contribution in [0.1, 0.15) is 12.8 Å². The molecule has 1 amide bonds. The van der Waals surface area contributed by atoms with Gasteiger partial charge in [-0.2, -0.15) is 0 Å². The fraction of sp³-hybridized carbons (Fsp3) is 0.280. The van der Waals surface area contributed by atoms with Gasteiger partial charge < -0.3 is 10.1 Å².